The molecule has 2 fully saturated rings. The van der Waals surface area contributed by atoms with Gasteiger partial charge in [0.2, 0.25) is 5.91 Å². The Bertz CT molecular complexity index is 1150. The Labute approximate surface area is 190 Å². The normalized spacial score (nSPS) is 17.2. The number of para-hydroxylation sites is 1. The predicted molar refractivity (Wildman–Crippen MR) is 123 cm³/mol. The first-order chi connectivity index (χ1) is 15.0. The van der Waals surface area contributed by atoms with E-state index in [0.717, 1.165) is 29.7 Å². The van der Waals surface area contributed by atoms with Gasteiger partial charge in [-0.1, -0.05) is 41.4 Å². The lowest BCUT2D eigenvalue weighted by atomic mass is 9.96. The van der Waals surface area contributed by atoms with Gasteiger partial charge >= 0.3 is 0 Å². The third-order valence-electron chi connectivity index (χ3n) is 6.20. The minimum Gasteiger partial charge on any atom is -0.368 e. The number of aromatic nitrogens is 1. The Kier molecular flexibility index (Phi) is 5.28. The number of hydrogen-bond donors (Lipinski definition) is 1. The Balaban J connectivity index is 1.16. The van der Waals surface area contributed by atoms with Crippen molar-refractivity contribution in [1.82, 2.24) is 14.8 Å². The maximum absolute atomic E-state index is 12.9. The molecule has 160 valence electrons. The molecule has 2 aromatic carbocycles. The zero-order valence-electron chi connectivity index (χ0n) is 16.9. The lowest BCUT2D eigenvalue weighted by Gasteiger charge is -2.43. The van der Waals surface area contributed by atoms with Gasteiger partial charge in [-0.05, 0) is 24.3 Å². The molecule has 0 bridgehead atoms. The molecule has 2 amide bonds. The van der Waals surface area contributed by atoms with Crippen LogP contribution >= 0.6 is 23.2 Å². The summed E-state index contributed by atoms with van der Waals surface area (Å²) >= 11 is 12.1. The van der Waals surface area contributed by atoms with Crippen LogP contribution in [0.25, 0.3) is 10.9 Å². The highest BCUT2D eigenvalue weighted by atomic mass is 35.5. The average Bonchev–Trinajstić information content (AvgIpc) is 3.19. The Morgan fingerprint density at radius 3 is 2.39 bits per heavy atom. The monoisotopic (exact) mass is 456 g/mol. The van der Waals surface area contributed by atoms with Crippen molar-refractivity contribution in [3.05, 3.63) is 64.3 Å². The lowest BCUT2D eigenvalue weighted by molar-refractivity contribution is -0.140. The molecule has 0 spiro atoms. The number of benzene rings is 2. The van der Waals surface area contributed by atoms with Gasteiger partial charge in [-0.3, -0.25) is 9.59 Å². The summed E-state index contributed by atoms with van der Waals surface area (Å²) in [5.74, 6) is -0.00613. The van der Waals surface area contributed by atoms with Crippen molar-refractivity contribution in [3.63, 3.8) is 0 Å². The van der Waals surface area contributed by atoms with E-state index < -0.39 is 0 Å². The van der Waals surface area contributed by atoms with E-state index in [9.17, 15) is 9.59 Å². The summed E-state index contributed by atoms with van der Waals surface area (Å²) in [6.45, 7) is 3.76. The highest BCUT2D eigenvalue weighted by molar-refractivity contribution is 6.42. The lowest BCUT2D eigenvalue weighted by Crippen LogP contribution is -2.59. The minimum atomic E-state index is -0.120. The van der Waals surface area contributed by atoms with Crippen LogP contribution in [0, 0.1) is 5.92 Å². The molecule has 2 aliphatic rings. The molecule has 0 unspecified atom stereocenters. The summed E-state index contributed by atoms with van der Waals surface area (Å²) in [4.78, 5) is 34.8. The van der Waals surface area contributed by atoms with Gasteiger partial charge in [0.1, 0.15) is 0 Å². The fourth-order valence-electron chi connectivity index (χ4n) is 4.34. The number of anilines is 1. The molecule has 8 heteroatoms. The van der Waals surface area contributed by atoms with Crippen molar-refractivity contribution in [3.8, 4) is 0 Å². The fraction of sp³-hybridized carbons (Fsp3) is 0.304. The second kappa shape index (κ2) is 8.09. The van der Waals surface area contributed by atoms with Crippen LogP contribution in [0.2, 0.25) is 10.0 Å². The molecule has 31 heavy (non-hydrogen) atoms. The smallest absolute Gasteiger partial charge is 0.256 e. The SMILES string of the molecule is O=C(c1c[nH]c2ccccc12)N1CC(C(=O)N2CCN(c3ccc(Cl)c(Cl)c3)CC2)C1. The van der Waals surface area contributed by atoms with Crippen LogP contribution in [-0.4, -0.2) is 65.9 Å². The van der Waals surface area contributed by atoms with Crippen LogP contribution in [0.3, 0.4) is 0 Å². The summed E-state index contributed by atoms with van der Waals surface area (Å²) < 4.78 is 0. The van der Waals surface area contributed by atoms with E-state index in [2.05, 4.69) is 9.88 Å². The maximum atomic E-state index is 12.9. The molecule has 0 atom stereocenters. The van der Waals surface area contributed by atoms with Gasteiger partial charge in [-0.2, -0.15) is 0 Å². The Morgan fingerprint density at radius 1 is 0.903 bits per heavy atom. The molecule has 6 nitrogen and oxygen atoms in total. The number of hydrogen-bond acceptors (Lipinski definition) is 3. The number of rotatable bonds is 3. The van der Waals surface area contributed by atoms with Gasteiger partial charge in [0.15, 0.2) is 0 Å². The molecule has 1 N–H and O–H groups in total. The molecular weight excluding hydrogens is 435 g/mol. The van der Waals surface area contributed by atoms with E-state index in [1.54, 1.807) is 17.2 Å². The predicted octanol–water partition coefficient (Wildman–Crippen LogP) is 3.90. The summed E-state index contributed by atoms with van der Waals surface area (Å²) in [7, 11) is 0. The number of nitrogens with one attached hydrogen (secondary N) is 1. The molecule has 3 heterocycles. The first-order valence-electron chi connectivity index (χ1n) is 10.4. The van der Waals surface area contributed by atoms with Crippen molar-refractivity contribution < 1.29 is 9.59 Å². The van der Waals surface area contributed by atoms with Crippen LogP contribution in [0.5, 0.6) is 0 Å². The van der Waals surface area contributed by atoms with Crippen molar-refractivity contribution in [1.29, 1.82) is 0 Å². The molecular formula is C23H22Cl2N4O2. The number of carbonyl (C=O) groups is 2. The number of halogens is 2. The molecule has 0 aliphatic carbocycles. The third-order valence-corrected chi connectivity index (χ3v) is 6.94. The number of carbonyl (C=O) groups excluding carboxylic acids is 2. The number of likely N-dealkylation sites (tertiary alicyclic amines) is 1. The standard InChI is InChI=1S/C23H22Cl2N4O2/c24-19-6-5-16(11-20(19)25)27-7-9-28(10-8-27)22(30)15-13-29(14-15)23(31)18-12-26-21-4-2-1-3-17(18)21/h1-6,11-12,15,26H,7-10,13-14H2. The van der Waals surface area contributed by atoms with Crippen molar-refractivity contribution in [2.75, 3.05) is 44.2 Å². The number of fused-ring (bicyclic) bond motifs is 1. The highest BCUT2D eigenvalue weighted by Gasteiger charge is 2.39. The van der Waals surface area contributed by atoms with E-state index in [0.29, 0.717) is 41.8 Å². The number of nitrogens with zero attached hydrogens (tertiary/aromatic N) is 3. The third kappa shape index (κ3) is 3.75. The van der Waals surface area contributed by atoms with Crippen LogP contribution in [0.1, 0.15) is 10.4 Å². The van der Waals surface area contributed by atoms with E-state index in [1.807, 2.05) is 41.3 Å². The largest absolute Gasteiger partial charge is 0.368 e. The summed E-state index contributed by atoms with van der Waals surface area (Å²) in [5.41, 5.74) is 2.62. The highest BCUT2D eigenvalue weighted by Crippen LogP contribution is 2.29. The van der Waals surface area contributed by atoms with Gasteiger partial charge in [-0.25, -0.2) is 0 Å². The topological polar surface area (TPSA) is 59.7 Å². The molecule has 2 saturated heterocycles. The summed E-state index contributed by atoms with van der Waals surface area (Å²) in [6, 6.07) is 13.4. The molecule has 0 saturated carbocycles. The molecule has 5 rings (SSSR count). The zero-order valence-corrected chi connectivity index (χ0v) is 18.4. The molecule has 2 aliphatic heterocycles. The second-order valence-corrected chi connectivity index (χ2v) is 8.88. The number of H-pyrrole nitrogens is 1. The quantitative estimate of drug-likeness (QED) is 0.649. The molecule has 3 aromatic rings. The van der Waals surface area contributed by atoms with E-state index >= 15 is 0 Å². The number of piperazine rings is 1. The summed E-state index contributed by atoms with van der Waals surface area (Å²) in [6.07, 6.45) is 1.75. The Morgan fingerprint density at radius 2 is 1.65 bits per heavy atom. The average molecular weight is 457 g/mol. The van der Waals surface area contributed by atoms with Crippen LogP contribution in [0.4, 0.5) is 5.69 Å². The van der Waals surface area contributed by atoms with Crippen LogP contribution < -0.4 is 4.90 Å². The number of aromatic amines is 1. The second-order valence-electron chi connectivity index (χ2n) is 8.07. The van der Waals surface area contributed by atoms with E-state index in [1.165, 1.54) is 0 Å². The zero-order chi connectivity index (χ0) is 21.5. The minimum absolute atomic E-state index is 0.0223. The fourth-order valence-corrected chi connectivity index (χ4v) is 4.64. The van der Waals surface area contributed by atoms with E-state index in [-0.39, 0.29) is 17.7 Å². The van der Waals surface area contributed by atoms with Crippen LogP contribution in [0.15, 0.2) is 48.7 Å². The van der Waals surface area contributed by atoms with Crippen molar-refractivity contribution in [2.24, 2.45) is 5.92 Å². The molecule has 0 radical (unpaired) electrons. The van der Waals surface area contributed by atoms with Gasteiger partial charge in [0.25, 0.3) is 5.91 Å². The number of amides is 2. The Hall–Kier alpha value is -2.70. The van der Waals surface area contributed by atoms with Crippen LogP contribution in [-0.2, 0) is 4.79 Å². The van der Waals surface area contributed by atoms with Gasteiger partial charge < -0.3 is 19.7 Å². The molecule has 1 aromatic heterocycles. The maximum Gasteiger partial charge on any atom is 0.256 e. The first-order valence-corrected chi connectivity index (χ1v) is 11.1. The first kappa shape index (κ1) is 20.2. The van der Waals surface area contributed by atoms with E-state index in [4.69, 9.17) is 23.2 Å². The van der Waals surface area contributed by atoms with Gasteiger partial charge in [-0.15, -0.1) is 0 Å². The van der Waals surface area contributed by atoms with Gasteiger partial charge in [0.05, 0.1) is 21.5 Å². The van der Waals surface area contributed by atoms with Crippen molar-refractivity contribution >= 4 is 51.6 Å². The van der Waals surface area contributed by atoms with Gasteiger partial charge in [0, 0.05) is 62.1 Å². The summed E-state index contributed by atoms with van der Waals surface area (Å²) in [5, 5.41) is 1.99. The van der Waals surface area contributed by atoms with Crippen molar-refractivity contribution in [2.45, 2.75) is 0 Å².